The number of thiol groups is 1. The molecule has 0 heterocycles. The minimum atomic E-state index is 0.424. The van der Waals surface area contributed by atoms with Gasteiger partial charge in [0.25, 0.3) is 0 Å². The van der Waals surface area contributed by atoms with Gasteiger partial charge in [0.2, 0.25) is 0 Å². The maximum atomic E-state index is 5.09. The maximum absolute atomic E-state index is 5.09. The van der Waals surface area contributed by atoms with Crippen molar-refractivity contribution in [2.24, 2.45) is 0 Å². The Bertz CT molecular complexity index is 43.8. The van der Waals surface area contributed by atoms with E-state index >= 15 is 0 Å². The van der Waals surface area contributed by atoms with Crippen LogP contribution in [0.4, 0.5) is 0 Å². The SMILES string of the molecule is CCC(CCS)OC. The van der Waals surface area contributed by atoms with E-state index in [4.69, 9.17) is 4.74 Å². The van der Waals surface area contributed by atoms with E-state index in [-0.39, 0.29) is 0 Å². The van der Waals surface area contributed by atoms with Crippen molar-refractivity contribution in [2.45, 2.75) is 25.9 Å². The highest BCUT2D eigenvalue weighted by molar-refractivity contribution is 7.80. The Morgan fingerprint density at radius 1 is 1.62 bits per heavy atom. The van der Waals surface area contributed by atoms with Gasteiger partial charge in [-0.05, 0) is 18.6 Å². The number of hydrogen-bond donors (Lipinski definition) is 1. The third-order valence-corrected chi connectivity index (χ3v) is 1.50. The van der Waals surface area contributed by atoms with Gasteiger partial charge in [0.05, 0.1) is 6.10 Å². The van der Waals surface area contributed by atoms with Gasteiger partial charge in [0.15, 0.2) is 0 Å². The van der Waals surface area contributed by atoms with Crippen LogP contribution in [-0.2, 0) is 4.74 Å². The van der Waals surface area contributed by atoms with Crippen molar-refractivity contribution < 1.29 is 4.74 Å². The lowest BCUT2D eigenvalue weighted by Gasteiger charge is -2.09. The summed E-state index contributed by atoms with van der Waals surface area (Å²) in [6.45, 7) is 2.12. The average Bonchev–Trinajstić information content (AvgIpc) is 1.83. The first-order chi connectivity index (χ1) is 3.85. The highest BCUT2D eigenvalue weighted by Gasteiger charge is 1.99. The second-order valence-corrected chi connectivity index (χ2v) is 2.23. The molecule has 0 aliphatic rings. The smallest absolute Gasteiger partial charge is 0.0576 e. The molecule has 0 saturated carbocycles. The molecule has 0 aliphatic heterocycles. The molecule has 0 rings (SSSR count). The van der Waals surface area contributed by atoms with Gasteiger partial charge in [-0.1, -0.05) is 6.92 Å². The summed E-state index contributed by atoms with van der Waals surface area (Å²) in [5.41, 5.74) is 0. The van der Waals surface area contributed by atoms with E-state index < -0.39 is 0 Å². The van der Waals surface area contributed by atoms with Crippen LogP contribution in [0.3, 0.4) is 0 Å². The monoisotopic (exact) mass is 134 g/mol. The van der Waals surface area contributed by atoms with E-state index in [1.54, 1.807) is 7.11 Å². The normalized spacial score (nSPS) is 13.9. The fourth-order valence-electron chi connectivity index (χ4n) is 0.633. The quantitative estimate of drug-likeness (QED) is 0.576. The van der Waals surface area contributed by atoms with Crippen LogP contribution in [0.25, 0.3) is 0 Å². The van der Waals surface area contributed by atoms with E-state index in [2.05, 4.69) is 19.6 Å². The second kappa shape index (κ2) is 5.45. The minimum absolute atomic E-state index is 0.424. The van der Waals surface area contributed by atoms with Crippen LogP contribution in [0.15, 0.2) is 0 Å². The molecule has 1 unspecified atom stereocenters. The van der Waals surface area contributed by atoms with Crippen molar-refractivity contribution in [1.29, 1.82) is 0 Å². The number of rotatable bonds is 4. The average molecular weight is 134 g/mol. The van der Waals surface area contributed by atoms with E-state index in [0.29, 0.717) is 6.10 Å². The highest BCUT2D eigenvalue weighted by atomic mass is 32.1. The Labute approximate surface area is 56.8 Å². The fraction of sp³-hybridized carbons (Fsp3) is 1.00. The third-order valence-electron chi connectivity index (χ3n) is 1.24. The van der Waals surface area contributed by atoms with Crippen LogP contribution in [0.5, 0.6) is 0 Å². The molecule has 0 aromatic carbocycles. The summed E-state index contributed by atoms with van der Waals surface area (Å²) in [7, 11) is 1.75. The highest BCUT2D eigenvalue weighted by Crippen LogP contribution is 2.01. The Kier molecular flexibility index (Phi) is 5.66. The molecule has 0 aromatic heterocycles. The summed E-state index contributed by atoms with van der Waals surface area (Å²) in [4.78, 5) is 0. The molecule has 2 heteroatoms. The Balaban J connectivity index is 3.07. The summed E-state index contributed by atoms with van der Waals surface area (Å²) in [5.74, 6) is 0.923. The summed E-state index contributed by atoms with van der Waals surface area (Å²) >= 11 is 4.09. The molecule has 8 heavy (non-hydrogen) atoms. The number of ether oxygens (including phenoxy) is 1. The van der Waals surface area contributed by atoms with Crippen LogP contribution in [0.2, 0.25) is 0 Å². The lowest BCUT2D eigenvalue weighted by atomic mass is 10.2. The first-order valence-electron chi connectivity index (χ1n) is 2.98. The minimum Gasteiger partial charge on any atom is -0.381 e. The molecule has 1 atom stereocenters. The van der Waals surface area contributed by atoms with Gasteiger partial charge in [0, 0.05) is 7.11 Å². The molecule has 0 amide bonds. The van der Waals surface area contributed by atoms with Crippen LogP contribution in [0.1, 0.15) is 19.8 Å². The number of hydrogen-bond acceptors (Lipinski definition) is 2. The zero-order valence-electron chi connectivity index (χ0n) is 5.55. The van der Waals surface area contributed by atoms with E-state index in [0.717, 1.165) is 18.6 Å². The summed E-state index contributed by atoms with van der Waals surface area (Å²) in [6.07, 6.45) is 2.58. The molecular formula is C6H14OS. The van der Waals surface area contributed by atoms with Crippen LogP contribution in [0, 0.1) is 0 Å². The van der Waals surface area contributed by atoms with Crippen LogP contribution >= 0.6 is 12.6 Å². The molecule has 0 saturated heterocycles. The Morgan fingerprint density at radius 3 is 2.38 bits per heavy atom. The molecule has 1 nitrogen and oxygen atoms in total. The molecular weight excluding hydrogens is 120 g/mol. The van der Waals surface area contributed by atoms with Gasteiger partial charge >= 0.3 is 0 Å². The third kappa shape index (κ3) is 3.33. The Morgan fingerprint density at radius 2 is 2.25 bits per heavy atom. The summed E-state index contributed by atoms with van der Waals surface area (Å²) < 4.78 is 5.09. The maximum Gasteiger partial charge on any atom is 0.0576 e. The van der Waals surface area contributed by atoms with Crippen molar-refractivity contribution in [1.82, 2.24) is 0 Å². The van der Waals surface area contributed by atoms with E-state index in [9.17, 15) is 0 Å². The van der Waals surface area contributed by atoms with Gasteiger partial charge in [-0.3, -0.25) is 0 Å². The predicted octanol–water partition coefficient (Wildman–Crippen LogP) is 1.73. The summed E-state index contributed by atoms with van der Waals surface area (Å²) in [5, 5.41) is 0. The first-order valence-corrected chi connectivity index (χ1v) is 3.62. The molecule has 0 aromatic rings. The van der Waals surface area contributed by atoms with E-state index in [1.165, 1.54) is 0 Å². The predicted molar refractivity (Wildman–Crippen MR) is 39.6 cm³/mol. The van der Waals surface area contributed by atoms with E-state index in [1.807, 2.05) is 0 Å². The van der Waals surface area contributed by atoms with Gasteiger partial charge in [0.1, 0.15) is 0 Å². The van der Waals surface area contributed by atoms with Crippen molar-refractivity contribution in [3.8, 4) is 0 Å². The van der Waals surface area contributed by atoms with Crippen molar-refractivity contribution in [3.63, 3.8) is 0 Å². The topological polar surface area (TPSA) is 9.23 Å². The zero-order valence-corrected chi connectivity index (χ0v) is 6.45. The molecule has 0 bridgehead atoms. The molecule has 0 radical (unpaired) electrons. The lowest BCUT2D eigenvalue weighted by molar-refractivity contribution is 0.0975. The largest absolute Gasteiger partial charge is 0.381 e. The molecule has 0 N–H and O–H groups in total. The van der Waals surface area contributed by atoms with Crippen LogP contribution in [-0.4, -0.2) is 19.0 Å². The fourth-order valence-corrected chi connectivity index (χ4v) is 0.921. The molecule has 0 spiro atoms. The zero-order chi connectivity index (χ0) is 6.41. The van der Waals surface area contributed by atoms with Gasteiger partial charge in [-0.2, -0.15) is 12.6 Å². The summed E-state index contributed by atoms with van der Waals surface area (Å²) in [6, 6.07) is 0. The second-order valence-electron chi connectivity index (χ2n) is 1.78. The lowest BCUT2D eigenvalue weighted by Crippen LogP contribution is -2.08. The Hall–Kier alpha value is 0.310. The van der Waals surface area contributed by atoms with Crippen molar-refractivity contribution in [3.05, 3.63) is 0 Å². The van der Waals surface area contributed by atoms with Crippen LogP contribution < -0.4 is 0 Å². The molecule has 0 fully saturated rings. The first kappa shape index (κ1) is 8.31. The standard InChI is InChI=1S/C6H14OS/c1-3-6(7-2)4-5-8/h6,8H,3-5H2,1-2H3. The van der Waals surface area contributed by atoms with Gasteiger partial charge in [-0.15, -0.1) is 0 Å². The molecule has 0 aliphatic carbocycles. The van der Waals surface area contributed by atoms with Gasteiger partial charge < -0.3 is 4.74 Å². The molecule has 50 valence electrons. The van der Waals surface area contributed by atoms with Crippen molar-refractivity contribution >= 4 is 12.6 Å². The number of methoxy groups -OCH3 is 1. The van der Waals surface area contributed by atoms with Gasteiger partial charge in [-0.25, -0.2) is 0 Å². The van der Waals surface area contributed by atoms with Crippen molar-refractivity contribution in [2.75, 3.05) is 12.9 Å².